The maximum atomic E-state index is 14.8. The molecule has 1 saturated heterocycles. The second kappa shape index (κ2) is 73.4. The van der Waals surface area contributed by atoms with Gasteiger partial charge in [-0.05, 0) is 60.1 Å². The molecule has 2 aromatic carbocycles. The highest BCUT2D eigenvalue weighted by molar-refractivity contribution is 6.15. The van der Waals surface area contributed by atoms with E-state index in [1.54, 1.807) is 64.5 Å². The van der Waals surface area contributed by atoms with Crippen LogP contribution in [0.15, 0.2) is 48.6 Å². The second-order valence-electron chi connectivity index (χ2n) is 28.5. The Morgan fingerprint density at radius 3 is 1.10 bits per heavy atom. The van der Waals surface area contributed by atoms with Gasteiger partial charge in [-0.25, -0.2) is 4.79 Å². The van der Waals surface area contributed by atoms with Crippen LogP contribution in [-0.2, 0) is 173 Å². The van der Waals surface area contributed by atoms with Gasteiger partial charge in [0.15, 0.2) is 29.2 Å². The first-order valence-corrected chi connectivity index (χ1v) is 42.8. The van der Waals surface area contributed by atoms with Crippen LogP contribution in [0, 0.1) is 11.8 Å². The molecule has 2 aromatic rings. The zero-order chi connectivity index (χ0) is 90.4. The van der Waals surface area contributed by atoms with Gasteiger partial charge in [0, 0.05) is 58.5 Å². The van der Waals surface area contributed by atoms with Crippen molar-refractivity contribution < 1.29 is 177 Å². The van der Waals surface area contributed by atoms with Crippen molar-refractivity contribution in [2.24, 2.45) is 11.8 Å². The van der Waals surface area contributed by atoms with Gasteiger partial charge < -0.3 is 149 Å². The fraction of sp³-hybridized carbons (Fsp3) is 0.756. The molecular weight excluding hydrogens is 1650 g/mol. The molecular formula is C86H140N2O37. The third kappa shape index (κ3) is 52.8. The highest BCUT2D eigenvalue weighted by Gasteiger charge is 2.47. The van der Waals surface area contributed by atoms with Crippen LogP contribution in [0.1, 0.15) is 62.8 Å². The monoisotopic (exact) mass is 1790 g/mol. The molecule has 1 fully saturated rings. The number of imide groups is 1. The van der Waals surface area contributed by atoms with Gasteiger partial charge in [-0.2, -0.15) is 0 Å². The van der Waals surface area contributed by atoms with Crippen LogP contribution in [0.2, 0.25) is 0 Å². The summed E-state index contributed by atoms with van der Waals surface area (Å²) < 4.78 is 144. The Hall–Kier alpha value is -6.37. The van der Waals surface area contributed by atoms with Crippen LogP contribution in [0.3, 0.4) is 0 Å². The molecule has 716 valence electrons. The molecule has 0 aromatic heterocycles. The van der Waals surface area contributed by atoms with E-state index < -0.39 is 102 Å². The van der Waals surface area contributed by atoms with Gasteiger partial charge in [-0.3, -0.25) is 33.7 Å². The number of nitrogens with zero attached hydrogens (tertiary/aromatic N) is 1. The first-order chi connectivity index (χ1) is 60.9. The second-order valence-corrected chi connectivity index (χ2v) is 28.5. The number of aliphatic hydroxyl groups excluding tert-OH is 3. The van der Waals surface area contributed by atoms with Crippen molar-refractivity contribution in [3.05, 3.63) is 70.8 Å². The molecule has 125 heavy (non-hydrogen) atoms. The molecule has 0 aliphatic carbocycles. The van der Waals surface area contributed by atoms with Gasteiger partial charge in [0.2, 0.25) is 5.91 Å². The molecule has 2 heterocycles. The molecule has 2 aliphatic heterocycles. The average Bonchev–Trinajstić information content (AvgIpc) is 1.79. The van der Waals surface area contributed by atoms with Gasteiger partial charge in [-0.15, -0.1) is 0 Å². The number of carboxylic acid groups (broad SMARTS) is 1. The highest BCUT2D eigenvalue weighted by Crippen LogP contribution is 2.32. The van der Waals surface area contributed by atoms with Crippen molar-refractivity contribution in [1.82, 2.24) is 10.2 Å². The Labute approximate surface area is 733 Å². The number of Topliss-reactive ketones (excluding diaryl/α,β-unsaturated/α-hetero) is 2. The summed E-state index contributed by atoms with van der Waals surface area (Å²) in [4.78, 5) is 94.3. The number of nitrogens with one attached hydrogen (secondary N) is 1. The lowest BCUT2D eigenvalue weighted by Crippen LogP contribution is -2.59. The van der Waals surface area contributed by atoms with Gasteiger partial charge in [0.1, 0.15) is 44.2 Å². The molecule has 0 bridgehead atoms. The summed E-state index contributed by atoms with van der Waals surface area (Å²) in [5.41, 5.74) is 2.02. The molecule has 8 atom stereocenters. The van der Waals surface area contributed by atoms with Gasteiger partial charge in [-0.1, -0.05) is 38.1 Å². The predicted octanol–water partition coefficient (Wildman–Crippen LogP) is 1.38. The normalized spacial score (nSPS) is 16.6. The molecule has 0 saturated carbocycles. The maximum Gasteiger partial charge on any atom is 0.335 e. The summed E-state index contributed by atoms with van der Waals surface area (Å²) in [5, 5.41) is 43.7. The van der Waals surface area contributed by atoms with Crippen molar-refractivity contribution in [1.29, 1.82) is 0 Å². The van der Waals surface area contributed by atoms with E-state index in [4.69, 9.17) is 123 Å². The lowest BCUT2D eigenvalue weighted by molar-refractivity contribution is -0.228. The Morgan fingerprint density at radius 1 is 0.416 bits per heavy atom. The smallest absolute Gasteiger partial charge is 0.335 e. The zero-order valence-electron chi connectivity index (χ0n) is 73.9. The Morgan fingerprint density at radius 2 is 0.760 bits per heavy atom. The number of ether oxygens (including phenoxy) is 26. The molecule has 0 spiro atoms. The number of methoxy groups -OCH3 is 2. The number of hydrogen-bond acceptors (Lipinski definition) is 36. The Kier molecular flexibility index (Phi) is 65.2. The third-order valence-corrected chi connectivity index (χ3v) is 18.6. The van der Waals surface area contributed by atoms with E-state index in [0.29, 0.717) is 272 Å². The zero-order valence-corrected chi connectivity index (χ0v) is 73.9. The molecule has 5 N–H and O–H groups in total. The van der Waals surface area contributed by atoms with Crippen LogP contribution < -0.4 is 14.8 Å². The Bertz CT molecular complexity index is 3160. The van der Waals surface area contributed by atoms with Crippen molar-refractivity contribution in [2.45, 2.75) is 109 Å². The number of aliphatic carboxylic acids is 1. The lowest BCUT2D eigenvalue weighted by Gasteiger charge is -2.39. The number of carbonyl (C=O) groups is 7. The van der Waals surface area contributed by atoms with E-state index in [1.807, 2.05) is 0 Å². The minimum Gasteiger partial charge on any atom is -0.487 e. The SMILES string of the molecule is COCCOCCOCCOCCOCCOCCOCCOCCOCCOCCOCCOc1ccc(CC(C(=O)C[C@H](C(=O)N[C@H](C)C(=O)Cc2ccc(COC(C)=O)c(CC[C@@H]3O[C@H](C(=O)O)[C@@H](O)[C@H](O)[C@H]3O)c2)C(C)C)N2C(=O)C=CC2=O)cc1OCCOCCOCCOCCOCCOCCOCCOCCOCCOCCOCCOC. The average molecular weight is 1790 g/mol. The summed E-state index contributed by atoms with van der Waals surface area (Å²) in [5.74, 6) is -6.17. The molecule has 3 amide bonds. The Balaban J connectivity index is 1.21. The van der Waals surface area contributed by atoms with E-state index in [2.05, 4.69) is 5.32 Å². The number of aliphatic hydroxyl groups is 3. The maximum absolute atomic E-state index is 14.8. The first kappa shape index (κ1) is 111. The largest absolute Gasteiger partial charge is 0.487 e. The fourth-order valence-electron chi connectivity index (χ4n) is 11.8. The number of amides is 3. The number of aryl methyl sites for hydroxylation is 1. The topological polar surface area (TPSA) is 456 Å². The van der Waals surface area contributed by atoms with Crippen LogP contribution >= 0.6 is 0 Å². The van der Waals surface area contributed by atoms with Crippen molar-refractivity contribution in [2.75, 3.05) is 305 Å². The van der Waals surface area contributed by atoms with Crippen LogP contribution in [-0.4, -0.2) is 414 Å². The number of benzene rings is 2. The molecule has 2 aliphatic rings. The molecule has 39 nitrogen and oxygen atoms in total. The summed E-state index contributed by atoms with van der Waals surface area (Å²) in [6.07, 6.45) is -6.99. The summed E-state index contributed by atoms with van der Waals surface area (Å²) in [6.45, 7) is 23.5. The van der Waals surface area contributed by atoms with Crippen molar-refractivity contribution in [3.63, 3.8) is 0 Å². The number of carbonyl (C=O) groups excluding carboxylic acids is 6. The quantitative estimate of drug-likeness (QED) is 0.0355. The van der Waals surface area contributed by atoms with Crippen LogP contribution in [0.4, 0.5) is 0 Å². The van der Waals surface area contributed by atoms with Crippen LogP contribution in [0.25, 0.3) is 0 Å². The van der Waals surface area contributed by atoms with E-state index >= 15 is 0 Å². The summed E-state index contributed by atoms with van der Waals surface area (Å²) in [6, 6.07) is 7.40. The minimum atomic E-state index is -1.88. The molecule has 0 radical (unpaired) electrons. The highest BCUT2D eigenvalue weighted by atomic mass is 16.6. The van der Waals surface area contributed by atoms with Gasteiger partial charge in [0.25, 0.3) is 11.8 Å². The molecule has 4 rings (SSSR count). The lowest BCUT2D eigenvalue weighted by atomic mass is 9.86. The number of hydrogen-bond donors (Lipinski definition) is 5. The van der Waals surface area contributed by atoms with E-state index in [-0.39, 0.29) is 84.3 Å². The fourth-order valence-corrected chi connectivity index (χ4v) is 11.8. The predicted molar refractivity (Wildman–Crippen MR) is 445 cm³/mol. The molecule has 1 unspecified atom stereocenters. The number of esters is 1. The number of carboxylic acids is 1. The van der Waals surface area contributed by atoms with Crippen molar-refractivity contribution in [3.8, 4) is 11.5 Å². The standard InChI is InChI=1S/C86H140N2O37/c1-65(2)72(85(97)87-66(3)74(90)61-68-7-9-71(64-124-67(4)89)70(59-68)10-12-77-81(94)82(95)83(96)84(125-77)86(98)99)63-75(91)73(88-79(92)13-14-80(88)93)60-69-8-11-76(122-57-55-120-53-51-118-49-47-116-45-43-114-41-39-112-37-35-110-33-31-108-29-27-106-25-23-104-21-19-102-17-15-100-5)78(62-69)123-58-56-121-54-52-119-50-48-117-46-44-115-42-40-113-38-36-111-34-32-109-30-28-107-26-24-105-22-20-103-18-16-101-6/h7-9,11,13-14,59,62,65-66,72-73,77,81-84,94-96H,10,12,15-58,60-61,63-64H2,1-6H3,(H,87,97)(H,98,99)/t66-,72+,73?,77+,81+,82-,83+,84+/m1/s1. The van der Waals surface area contributed by atoms with E-state index in [1.165, 1.54) is 13.8 Å². The third-order valence-electron chi connectivity index (χ3n) is 18.6. The van der Waals surface area contributed by atoms with E-state index in [9.17, 15) is 54.0 Å². The number of ketones is 2. The van der Waals surface area contributed by atoms with Crippen molar-refractivity contribution >= 4 is 41.2 Å². The first-order valence-electron chi connectivity index (χ1n) is 42.8. The minimum absolute atomic E-state index is 0.0439. The van der Waals surface area contributed by atoms with Gasteiger partial charge >= 0.3 is 11.9 Å². The van der Waals surface area contributed by atoms with E-state index in [0.717, 1.165) is 17.1 Å². The number of rotatable bonds is 86. The molecule has 39 heteroatoms. The van der Waals surface area contributed by atoms with Gasteiger partial charge in [0.05, 0.1) is 290 Å². The summed E-state index contributed by atoms with van der Waals surface area (Å²) >= 11 is 0. The summed E-state index contributed by atoms with van der Waals surface area (Å²) in [7, 11) is 3.25. The van der Waals surface area contributed by atoms with Crippen LogP contribution in [0.5, 0.6) is 11.5 Å².